The first-order valence-electron chi connectivity index (χ1n) is 7.62. The summed E-state index contributed by atoms with van der Waals surface area (Å²) in [6, 6.07) is 3.20. The number of fused-ring (bicyclic) bond motifs is 1. The maximum absolute atomic E-state index is 13.0. The number of sulfone groups is 1. The normalized spacial score (nSPS) is 22.8. The SMILES string of the molecule is CC(C)(C)c1nc2ccc(Cl)c(S(=O)(=O)C3CC[C@@H](O)C3)c2o1. The minimum absolute atomic E-state index is 0.00114. The van der Waals surface area contributed by atoms with Crippen LogP contribution in [0.2, 0.25) is 5.02 Å². The highest BCUT2D eigenvalue weighted by atomic mass is 35.5. The van der Waals surface area contributed by atoms with Crippen molar-refractivity contribution in [2.45, 2.75) is 61.7 Å². The first-order valence-corrected chi connectivity index (χ1v) is 9.54. The molecule has 1 heterocycles. The molecule has 7 heteroatoms. The average Bonchev–Trinajstić information content (AvgIpc) is 3.03. The van der Waals surface area contributed by atoms with Crippen LogP contribution in [0.3, 0.4) is 0 Å². The molecular weight excluding hydrogens is 338 g/mol. The zero-order valence-corrected chi connectivity index (χ0v) is 14.9. The van der Waals surface area contributed by atoms with Gasteiger partial charge < -0.3 is 9.52 Å². The molecule has 126 valence electrons. The second kappa shape index (κ2) is 5.46. The lowest BCUT2D eigenvalue weighted by atomic mass is 9.97. The van der Waals surface area contributed by atoms with Gasteiger partial charge in [-0.1, -0.05) is 32.4 Å². The molecule has 0 amide bonds. The van der Waals surface area contributed by atoms with Crippen LogP contribution < -0.4 is 0 Å². The predicted octanol–water partition coefficient (Wildman–Crippen LogP) is 3.47. The van der Waals surface area contributed by atoms with Gasteiger partial charge in [0.25, 0.3) is 0 Å². The van der Waals surface area contributed by atoms with Crippen molar-refractivity contribution < 1.29 is 17.9 Å². The number of aromatic nitrogens is 1. The van der Waals surface area contributed by atoms with Crippen LogP contribution in [0.15, 0.2) is 21.4 Å². The van der Waals surface area contributed by atoms with Gasteiger partial charge in [-0.2, -0.15) is 0 Å². The number of hydrogen-bond acceptors (Lipinski definition) is 5. The van der Waals surface area contributed by atoms with E-state index in [9.17, 15) is 13.5 Å². The van der Waals surface area contributed by atoms with E-state index in [1.54, 1.807) is 6.07 Å². The van der Waals surface area contributed by atoms with Crippen LogP contribution in [-0.4, -0.2) is 29.9 Å². The average molecular weight is 358 g/mol. The third-order valence-electron chi connectivity index (χ3n) is 4.19. The molecule has 0 radical (unpaired) electrons. The third kappa shape index (κ3) is 2.88. The van der Waals surface area contributed by atoms with E-state index in [-0.39, 0.29) is 27.3 Å². The summed E-state index contributed by atoms with van der Waals surface area (Å²) in [5.74, 6) is 0.470. The van der Waals surface area contributed by atoms with E-state index in [1.807, 2.05) is 20.8 Å². The molecule has 1 aromatic heterocycles. The fourth-order valence-electron chi connectivity index (χ4n) is 2.90. The van der Waals surface area contributed by atoms with Gasteiger partial charge in [0.2, 0.25) is 5.89 Å². The number of hydrogen-bond donors (Lipinski definition) is 1. The molecule has 1 aromatic carbocycles. The van der Waals surface area contributed by atoms with Crippen molar-refractivity contribution in [1.29, 1.82) is 0 Å². The molecule has 5 nitrogen and oxygen atoms in total. The minimum atomic E-state index is -3.69. The maximum atomic E-state index is 13.0. The van der Waals surface area contributed by atoms with Gasteiger partial charge in [0.15, 0.2) is 15.4 Å². The molecular formula is C16H20ClNO4S. The Labute approximate surface area is 140 Å². The Morgan fingerprint density at radius 2 is 2.00 bits per heavy atom. The van der Waals surface area contributed by atoms with Crippen molar-refractivity contribution in [3.63, 3.8) is 0 Å². The van der Waals surface area contributed by atoms with E-state index in [2.05, 4.69) is 4.98 Å². The van der Waals surface area contributed by atoms with E-state index in [0.29, 0.717) is 24.2 Å². The monoisotopic (exact) mass is 357 g/mol. The molecule has 1 fully saturated rings. The summed E-state index contributed by atoms with van der Waals surface area (Å²) in [7, 11) is -3.69. The Kier molecular flexibility index (Phi) is 3.98. The zero-order valence-electron chi connectivity index (χ0n) is 13.3. The Balaban J connectivity index is 2.20. The number of aliphatic hydroxyl groups excluding tert-OH is 1. The lowest BCUT2D eigenvalue weighted by molar-refractivity contribution is 0.183. The van der Waals surface area contributed by atoms with Crippen LogP contribution >= 0.6 is 11.6 Å². The standard InChI is InChI=1S/C16H20ClNO4S/c1-16(2,3)15-18-12-7-6-11(17)14(13(12)22-15)23(20,21)10-5-4-9(19)8-10/h6-7,9-10,19H,4-5,8H2,1-3H3/t9-,10?/m1/s1. The maximum Gasteiger partial charge on any atom is 0.200 e. The topological polar surface area (TPSA) is 80.4 Å². The fraction of sp³-hybridized carbons (Fsp3) is 0.562. The Morgan fingerprint density at radius 1 is 1.30 bits per heavy atom. The van der Waals surface area contributed by atoms with E-state index < -0.39 is 21.2 Å². The van der Waals surface area contributed by atoms with Crippen LogP contribution in [0.4, 0.5) is 0 Å². The molecule has 3 rings (SSSR count). The van der Waals surface area contributed by atoms with Crippen LogP contribution in [0, 0.1) is 0 Å². The predicted molar refractivity (Wildman–Crippen MR) is 88.6 cm³/mol. The highest BCUT2D eigenvalue weighted by molar-refractivity contribution is 7.92. The third-order valence-corrected chi connectivity index (χ3v) is 6.89. The van der Waals surface area contributed by atoms with Crippen molar-refractivity contribution in [3.8, 4) is 0 Å². The fourth-order valence-corrected chi connectivity index (χ4v) is 5.37. The van der Waals surface area contributed by atoms with Crippen molar-refractivity contribution in [2.24, 2.45) is 0 Å². The molecule has 0 aliphatic heterocycles. The second-order valence-electron chi connectivity index (χ2n) is 7.13. The molecule has 1 N–H and O–H groups in total. The van der Waals surface area contributed by atoms with Crippen molar-refractivity contribution in [2.75, 3.05) is 0 Å². The Hall–Kier alpha value is -1.11. The van der Waals surface area contributed by atoms with Crippen molar-refractivity contribution >= 4 is 32.5 Å². The molecule has 2 atom stereocenters. The number of benzene rings is 1. The van der Waals surface area contributed by atoms with Crippen LogP contribution in [-0.2, 0) is 15.3 Å². The van der Waals surface area contributed by atoms with Crippen molar-refractivity contribution in [3.05, 3.63) is 23.0 Å². The largest absolute Gasteiger partial charge is 0.439 e. The van der Waals surface area contributed by atoms with E-state index in [1.165, 1.54) is 6.07 Å². The van der Waals surface area contributed by atoms with Crippen LogP contribution in [0.1, 0.15) is 45.9 Å². The molecule has 0 saturated heterocycles. The van der Waals surface area contributed by atoms with E-state index in [4.69, 9.17) is 16.0 Å². The zero-order chi connectivity index (χ0) is 17.0. The van der Waals surface area contributed by atoms with Crippen LogP contribution in [0.25, 0.3) is 11.1 Å². The lowest BCUT2D eigenvalue weighted by Crippen LogP contribution is -2.20. The number of nitrogens with zero attached hydrogens (tertiary/aromatic N) is 1. The molecule has 2 aromatic rings. The van der Waals surface area contributed by atoms with Crippen molar-refractivity contribution in [1.82, 2.24) is 4.98 Å². The first kappa shape index (κ1) is 16.7. The van der Waals surface area contributed by atoms with Gasteiger partial charge in [0, 0.05) is 5.41 Å². The van der Waals surface area contributed by atoms with E-state index >= 15 is 0 Å². The van der Waals surface area contributed by atoms with Gasteiger partial charge in [0.1, 0.15) is 10.4 Å². The quantitative estimate of drug-likeness (QED) is 0.890. The van der Waals surface area contributed by atoms with E-state index in [0.717, 1.165) is 0 Å². The molecule has 1 aliphatic carbocycles. The van der Waals surface area contributed by atoms with Crippen LogP contribution in [0.5, 0.6) is 0 Å². The second-order valence-corrected chi connectivity index (χ2v) is 9.70. The summed E-state index contributed by atoms with van der Waals surface area (Å²) in [5.41, 5.74) is 0.357. The van der Waals surface area contributed by atoms with Gasteiger partial charge in [-0.25, -0.2) is 13.4 Å². The van der Waals surface area contributed by atoms with Gasteiger partial charge in [-0.3, -0.25) is 0 Å². The lowest BCUT2D eigenvalue weighted by Gasteiger charge is -2.13. The summed E-state index contributed by atoms with van der Waals surface area (Å²) in [6.45, 7) is 5.84. The van der Waals surface area contributed by atoms with Gasteiger partial charge in [-0.05, 0) is 31.4 Å². The number of aliphatic hydroxyl groups is 1. The number of halogens is 1. The number of rotatable bonds is 2. The highest BCUT2D eigenvalue weighted by Gasteiger charge is 2.38. The summed E-state index contributed by atoms with van der Waals surface area (Å²) in [6.07, 6.45) is 0.569. The molecule has 0 bridgehead atoms. The Bertz CT molecular complexity index is 851. The molecule has 1 unspecified atom stereocenters. The summed E-state index contributed by atoms with van der Waals surface area (Å²) >= 11 is 6.20. The van der Waals surface area contributed by atoms with Gasteiger partial charge in [-0.15, -0.1) is 0 Å². The Morgan fingerprint density at radius 3 is 2.57 bits per heavy atom. The minimum Gasteiger partial charge on any atom is -0.439 e. The molecule has 1 saturated carbocycles. The summed E-state index contributed by atoms with van der Waals surface area (Å²) in [4.78, 5) is 4.40. The number of oxazole rings is 1. The summed E-state index contributed by atoms with van der Waals surface area (Å²) in [5, 5.41) is 9.17. The first-order chi connectivity index (χ1) is 10.6. The summed E-state index contributed by atoms with van der Waals surface area (Å²) < 4.78 is 31.8. The smallest absolute Gasteiger partial charge is 0.200 e. The van der Waals surface area contributed by atoms with Gasteiger partial charge >= 0.3 is 0 Å². The molecule has 0 spiro atoms. The highest BCUT2D eigenvalue weighted by Crippen LogP contribution is 2.38. The molecule has 23 heavy (non-hydrogen) atoms. The van der Waals surface area contributed by atoms with Gasteiger partial charge in [0.05, 0.1) is 16.4 Å². The molecule has 1 aliphatic rings.